The third-order valence-electron chi connectivity index (χ3n) is 3.93. The number of anilines is 2. The Kier molecular flexibility index (Phi) is 5.45. The summed E-state index contributed by atoms with van der Waals surface area (Å²) in [5.74, 6) is -0.0833. The van der Waals surface area contributed by atoms with Crippen LogP contribution in [0.4, 0.5) is 10.8 Å². The van der Waals surface area contributed by atoms with Crippen molar-refractivity contribution in [3.8, 4) is 0 Å². The summed E-state index contributed by atoms with van der Waals surface area (Å²) >= 11 is 1.62. The van der Waals surface area contributed by atoms with Gasteiger partial charge in [-0.15, -0.1) is 11.3 Å². The number of carbonyl (C=O) groups excluding carboxylic acids is 2. The molecule has 0 aliphatic carbocycles. The maximum atomic E-state index is 12.3. The van der Waals surface area contributed by atoms with Crippen molar-refractivity contribution in [2.75, 3.05) is 36.4 Å². The molecule has 7 heteroatoms. The van der Waals surface area contributed by atoms with Crippen LogP contribution in [-0.4, -0.2) is 47.9 Å². The molecule has 1 fully saturated rings. The fraction of sp³-hybridized carbons (Fsp3) is 0.278. The minimum atomic E-state index is -0.102. The monoisotopic (exact) mass is 356 g/mol. The summed E-state index contributed by atoms with van der Waals surface area (Å²) in [6.45, 7) is 4.48. The first-order valence-electron chi connectivity index (χ1n) is 8.11. The number of carbonyl (C=O) groups is 2. The molecule has 1 aromatic heterocycles. The van der Waals surface area contributed by atoms with Gasteiger partial charge in [0.05, 0.1) is 0 Å². The van der Waals surface area contributed by atoms with Crippen LogP contribution in [0.1, 0.15) is 12.5 Å². The molecule has 130 valence electrons. The van der Waals surface area contributed by atoms with E-state index in [1.54, 1.807) is 29.7 Å². The summed E-state index contributed by atoms with van der Waals surface area (Å²) < 4.78 is 0. The first-order valence-corrected chi connectivity index (χ1v) is 8.99. The van der Waals surface area contributed by atoms with Crippen LogP contribution in [-0.2, 0) is 9.59 Å². The van der Waals surface area contributed by atoms with Crippen molar-refractivity contribution in [1.82, 2.24) is 9.88 Å². The van der Waals surface area contributed by atoms with Crippen LogP contribution in [0.25, 0.3) is 6.08 Å². The summed E-state index contributed by atoms with van der Waals surface area (Å²) in [4.78, 5) is 31.7. The fourth-order valence-corrected chi connectivity index (χ4v) is 3.34. The van der Waals surface area contributed by atoms with Crippen molar-refractivity contribution in [2.24, 2.45) is 0 Å². The first-order chi connectivity index (χ1) is 12.1. The average Bonchev–Trinajstić information content (AvgIpc) is 3.15. The highest BCUT2D eigenvalue weighted by molar-refractivity contribution is 7.13. The number of thiazole rings is 1. The number of hydrogen-bond donors (Lipinski definition) is 1. The van der Waals surface area contributed by atoms with Gasteiger partial charge in [0.2, 0.25) is 11.8 Å². The lowest BCUT2D eigenvalue weighted by atomic mass is 10.2. The molecule has 6 nitrogen and oxygen atoms in total. The summed E-state index contributed by atoms with van der Waals surface area (Å²) in [6.07, 6.45) is 5.21. The van der Waals surface area contributed by atoms with Crippen molar-refractivity contribution in [3.05, 3.63) is 47.5 Å². The van der Waals surface area contributed by atoms with Crippen molar-refractivity contribution < 1.29 is 9.59 Å². The Hall–Kier alpha value is -2.67. The maximum absolute atomic E-state index is 12.3. The van der Waals surface area contributed by atoms with Crippen LogP contribution in [0.3, 0.4) is 0 Å². The second-order valence-corrected chi connectivity index (χ2v) is 6.64. The van der Waals surface area contributed by atoms with Crippen LogP contribution in [0, 0.1) is 0 Å². The Bertz CT molecular complexity index is 748. The van der Waals surface area contributed by atoms with Crippen LogP contribution in [0.2, 0.25) is 0 Å². The van der Waals surface area contributed by atoms with Crippen LogP contribution in [0.15, 0.2) is 41.9 Å². The Morgan fingerprint density at radius 2 is 1.88 bits per heavy atom. The lowest BCUT2D eigenvalue weighted by Gasteiger charge is -2.34. The minimum Gasteiger partial charge on any atom is -0.345 e. The predicted octanol–water partition coefficient (Wildman–Crippen LogP) is 2.46. The molecular formula is C18H20N4O2S. The summed E-state index contributed by atoms with van der Waals surface area (Å²) in [6, 6.07) is 7.38. The van der Waals surface area contributed by atoms with E-state index in [-0.39, 0.29) is 11.8 Å². The molecule has 0 radical (unpaired) electrons. The smallest absolute Gasteiger partial charge is 0.246 e. The second-order valence-electron chi connectivity index (χ2n) is 5.76. The molecule has 2 heterocycles. The van der Waals surface area contributed by atoms with E-state index in [1.165, 1.54) is 6.92 Å². The van der Waals surface area contributed by atoms with E-state index in [9.17, 15) is 9.59 Å². The van der Waals surface area contributed by atoms with Gasteiger partial charge >= 0.3 is 0 Å². The van der Waals surface area contributed by atoms with Crippen LogP contribution < -0.4 is 10.2 Å². The predicted molar refractivity (Wildman–Crippen MR) is 101 cm³/mol. The van der Waals surface area contributed by atoms with Gasteiger partial charge in [-0.3, -0.25) is 9.59 Å². The molecule has 3 rings (SSSR count). The Balaban J connectivity index is 1.52. The van der Waals surface area contributed by atoms with Gasteiger partial charge in [-0.1, -0.05) is 12.1 Å². The summed E-state index contributed by atoms with van der Waals surface area (Å²) in [5, 5.41) is 5.70. The molecule has 2 aromatic rings. The number of piperazine rings is 1. The van der Waals surface area contributed by atoms with Crippen molar-refractivity contribution in [3.63, 3.8) is 0 Å². The molecular weight excluding hydrogens is 336 g/mol. The number of amides is 2. The number of rotatable bonds is 4. The van der Waals surface area contributed by atoms with E-state index in [4.69, 9.17) is 0 Å². The largest absolute Gasteiger partial charge is 0.345 e. The molecule has 1 aliphatic heterocycles. The highest BCUT2D eigenvalue weighted by Crippen LogP contribution is 2.19. The molecule has 1 N–H and O–H groups in total. The van der Waals surface area contributed by atoms with E-state index in [0.717, 1.165) is 29.5 Å². The Morgan fingerprint density at radius 3 is 2.48 bits per heavy atom. The molecule has 0 bridgehead atoms. The van der Waals surface area contributed by atoms with Gasteiger partial charge in [-0.2, -0.15) is 0 Å². The third kappa shape index (κ3) is 4.67. The summed E-state index contributed by atoms with van der Waals surface area (Å²) in [7, 11) is 0. The summed E-state index contributed by atoms with van der Waals surface area (Å²) in [5.41, 5.74) is 1.66. The zero-order valence-electron chi connectivity index (χ0n) is 14.0. The first kappa shape index (κ1) is 17.2. The SMILES string of the molecule is CC(=O)Nc1ccc(/C=C/C(=O)N2CCN(c3nccs3)CC2)cc1. The van der Waals surface area contributed by atoms with Crippen LogP contribution in [0.5, 0.6) is 0 Å². The van der Waals surface area contributed by atoms with Crippen molar-refractivity contribution >= 4 is 40.0 Å². The van der Waals surface area contributed by atoms with Gasteiger partial charge in [0.1, 0.15) is 0 Å². The highest BCUT2D eigenvalue weighted by Gasteiger charge is 2.20. The average molecular weight is 356 g/mol. The third-order valence-corrected chi connectivity index (χ3v) is 4.76. The maximum Gasteiger partial charge on any atom is 0.246 e. The van der Waals surface area contributed by atoms with Gasteiger partial charge in [0.25, 0.3) is 0 Å². The topological polar surface area (TPSA) is 65.5 Å². The Morgan fingerprint density at radius 1 is 1.16 bits per heavy atom. The molecule has 25 heavy (non-hydrogen) atoms. The second kappa shape index (κ2) is 7.94. The standard InChI is InChI=1S/C18H20N4O2S/c1-14(23)20-16-5-2-15(3-6-16)4-7-17(24)21-9-11-22(12-10-21)18-19-8-13-25-18/h2-8,13H,9-12H2,1H3,(H,20,23)/b7-4+. The van der Waals surface area contributed by atoms with Gasteiger partial charge in [-0.05, 0) is 23.8 Å². The van der Waals surface area contributed by atoms with E-state index in [1.807, 2.05) is 34.5 Å². The van der Waals surface area contributed by atoms with Gasteiger partial charge in [0.15, 0.2) is 5.13 Å². The van der Waals surface area contributed by atoms with E-state index >= 15 is 0 Å². The van der Waals surface area contributed by atoms with Crippen molar-refractivity contribution in [1.29, 1.82) is 0 Å². The van der Waals surface area contributed by atoms with Gasteiger partial charge < -0.3 is 15.1 Å². The quantitative estimate of drug-likeness (QED) is 0.855. The normalized spacial score (nSPS) is 14.8. The van der Waals surface area contributed by atoms with Crippen molar-refractivity contribution in [2.45, 2.75) is 6.92 Å². The molecule has 1 saturated heterocycles. The van der Waals surface area contributed by atoms with E-state index in [2.05, 4.69) is 15.2 Å². The van der Waals surface area contributed by atoms with E-state index in [0.29, 0.717) is 13.1 Å². The lowest BCUT2D eigenvalue weighted by molar-refractivity contribution is -0.126. The molecule has 0 saturated carbocycles. The number of aromatic nitrogens is 1. The molecule has 0 unspecified atom stereocenters. The fourth-order valence-electron chi connectivity index (χ4n) is 2.64. The zero-order valence-corrected chi connectivity index (χ0v) is 14.8. The number of benzene rings is 1. The van der Waals surface area contributed by atoms with Gasteiger partial charge in [0, 0.05) is 56.4 Å². The van der Waals surface area contributed by atoms with Crippen LogP contribution >= 0.6 is 11.3 Å². The molecule has 1 aromatic carbocycles. The molecule has 0 atom stereocenters. The molecule has 2 amide bonds. The van der Waals surface area contributed by atoms with E-state index < -0.39 is 0 Å². The Labute approximate surface area is 150 Å². The number of hydrogen-bond acceptors (Lipinski definition) is 5. The zero-order chi connectivity index (χ0) is 17.6. The lowest BCUT2D eigenvalue weighted by Crippen LogP contribution is -2.48. The number of nitrogens with one attached hydrogen (secondary N) is 1. The minimum absolute atomic E-state index is 0.0183. The highest BCUT2D eigenvalue weighted by atomic mass is 32.1. The molecule has 1 aliphatic rings. The molecule has 0 spiro atoms. The van der Waals surface area contributed by atoms with Gasteiger partial charge in [-0.25, -0.2) is 4.98 Å². The number of nitrogens with zero attached hydrogens (tertiary/aromatic N) is 3.